The highest BCUT2D eigenvalue weighted by molar-refractivity contribution is 5.90. The second-order valence-electron chi connectivity index (χ2n) is 31.6. The maximum atomic E-state index is 2.35. The normalized spacial score (nSPS) is 11.2. The summed E-state index contributed by atoms with van der Waals surface area (Å²) in [6.45, 7) is 20.0. The van der Waals surface area contributed by atoms with Gasteiger partial charge in [0, 0.05) is 0 Å². The van der Waals surface area contributed by atoms with Crippen LogP contribution < -0.4 is 0 Å². The van der Waals surface area contributed by atoms with Gasteiger partial charge >= 0.3 is 0 Å². The molecule has 0 atom stereocenters. The molecule has 0 saturated carbocycles. The average molecular weight is 1670 g/mol. The molecule has 19 aromatic rings. The van der Waals surface area contributed by atoms with Crippen molar-refractivity contribution in [3.8, 4) is 156 Å². The fourth-order valence-corrected chi connectivity index (χ4v) is 18.5. The van der Waals surface area contributed by atoms with Crippen molar-refractivity contribution in [2.45, 2.75) is 101 Å². The van der Waals surface area contributed by atoms with Gasteiger partial charge in [0.2, 0.25) is 0 Å². The first-order valence-electron chi connectivity index (χ1n) is 46.7. The molecule has 0 amide bonds. The van der Waals surface area contributed by atoms with Crippen molar-refractivity contribution in [1.82, 2.24) is 0 Å². The molecular weight excluding hydrogens is 1550 g/mol. The van der Waals surface area contributed by atoms with E-state index in [-0.39, 0.29) is 0 Å². The lowest BCUT2D eigenvalue weighted by Crippen LogP contribution is -1.88. The molecule has 5 aliphatic carbocycles. The van der Waals surface area contributed by atoms with Gasteiger partial charge in [0.1, 0.15) is 0 Å². The van der Waals surface area contributed by atoms with E-state index >= 15 is 0 Å². The monoisotopic (exact) mass is 1660 g/mol. The first-order valence-corrected chi connectivity index (χ1v) is 46.7. The summed E-state index contributed by atoms with van der Waals surface area (Å²) in [5, 5.41) is 0. The maximum Gasteiger partial charge on any atom is -0.000729 e. The van der Waals surface area contributed by atoms with Crippen LogP contribution in [0.1, 0.15) is 125 Å². The third-order valence-corrected chi connectivity index (χ3v) is 24.4. The summed E-state index contributed by atoms with van der Waals surface area (Å²) in [7, 11) is 0. The Morgan fingerprint density at radius 1 is 0.101 bits per heavy atom. The largest absolute Gasteiger partial charge is 0.0683 e. The van der Waals surface area contributed by atoms with Gasteiger partial charge in [0.05, 0.1) is 0 Å². The predicted molar refractivity (Wildman–Crippen MR) is 559 cm³/mol. The molecule has 0 radical (unpaired) electrons. The van der Waals surface area contributed by atoms with E-state index in [9.17, 15) is 0 Å². The molecule has 0 aliphatic heterocycles. The van der Waals surface area contributed by atoms with Crippen LogP contribution in [0.25, 0.3) is 156 Å². The lowest BCUT2D eigenvalue weighted by atomic mass is 9.93. The van der Waals surface area contributed by atoms with E-state index in [1.54, 1.807) is 0 Å². The fourth-order valence-electron chi connectivity index (χ4n) is 18.5. The molecule has 0 heteroatoms. The van der Waals surface area contributed by atoms with Gasteiger partial charge < -0.3 is 0 Å². The van der Waals surface area contributed by atoms with Crippen LogP contribution in [-0.2, 0) is 32.1 Å². The van der Waals surface area contributed by atoms with Crippen molar-refractivity contribution >= 4 is 0 Å². The number of fused-ring (bicyclic) bond motifs is 15. The van der Waals surface area contributed by atoms with Crippen molar-refractivity contribution in [2.75, 3.05) is 0 Å². The lowest BCUT2D eigenvalue weighted by molar-refractivity contribution is 1.26. The molecular formula is C129H116. The third kappa shape index (κ3) is 20.0. The zero-order valence-electron chi connectivity index (χ0n) is 76.4. The Hall–Kier alpha value is -14.8. The minimum Gasteiger partial charge on any atom is -0.0683 e. The minimum atomic E-state index is 1.03. The second-order valence-corrected chi connectivity index (χ2v) is 31.6. The van der Waals surface area contributed by atoms with E-state index < -0.39 is 0 Å². The highest BCUT2D eigenvalue weighted by Gasteiger charge is 2.26. The first-order chi connectivity index (χ1) is 64.0. The molecule has 0 fully saturated rings. The molecule has 0 unspecified atom stereocenters. The molecule has 0 bridgehead atoms. The topological polar surface area (TPSA) is 0 Å². The predicted octanol–water partition coefficient (Wildman–Crippen LogP) is 36.4. The van der Waals surface area contributed by atoms with Gasteiger partial charge in [0.15, 0.2) is 0 Å². The Bertz CT molecular complexity index is 6850. The van der Waals surface area contributed by atoms with E-state index in [1.807, 2.05) is 69.2 Å². The average Bonchev–Trinajstić information content (AvgIpc) is 1.62. The SMILES string of the molecule is CC.CC.CC.CC.CC.c1ccc(-c2ccc(-c3ccc4c(c3)-c3ccccc3C4)cc2)cc1.c1ccc(-c2ccc(-c3cccc4c3Cc3ccccc3-4)cc2)cc1.c1ccc(-c2cccc(-c3ccc4c(c3)-c3ccccc3C4)c2)cc1.c1ccc(-c2cccc(-c3cccc4c3Cc3ccccc3-4)c2)cc1.c1ccc(-c2cccc3c2Cc2ccccc2-3)cc1. The molecule has 5 aliphatic rings. The zero-order chi connectivity index (χ0) is 89.2. The molecule has 129 heavy (non-hydrogen) atoms. The van der Waals surface area contributed by atoms with E-state index in [4.69, 9.17) is 0 Å². The van der Waals surface area contributed by atoms with Crippen molar-refractivity contribution in [1.29, 1.82) is 0 Å². The summed E-state index contributed by atoms with van der Waals surface area (Å²) in [5.74, 6) is 0. The summed E-state index contributed by atoms with van der Waals surface area (Å²) in [5.41, 5.74) is 51.5. The Morgan fingerprint density at radius 2 is 0.271 bits per heavy atom. The summed E-state index contributed by atoms with van der Waals surface area (Å²) >= 11 is 0. The molecule has 0 aromatic heterocycles. The molecule has 0 spiro atoms. The van der Waals surface area contributed by atoms with Crippen LogP contribution in [-0.4, -0.2) is 0 Å². The van der Waals surface area contributed by atoms with Gasteiger partial charge in [0.25, 0.3) is 0 Å². The Kier molecular flexibility index (Phi) is 30.3. The fraction of sp³-hybridized carbons (Fsp3) is 0.116. The first kappa shape index (κ1) is 89.0. The van der Waals surface area contributed by atoms with Crippen LogP contribution in [0.5, 0.6) is 0 Å². The summed E-state index contributed by atoms with van der Waals surface area (Å²) < 4.78 is 0. The quantitative estimate of drug-likeness (QED) is 0.135. The van der Waals surface area contributed by atoms with Crippen molar-refractivity contribution in [3.63, 3.8) is 0 Å². The molecule has 0 saturated heterocycles. The van der Waals surface area contributed by atoms with Gasteiger partial charge in [-0.15, -0.1) is 0 Å². The third-order valence-electron chi connectivity index (χ3n) is 24.4. The maximum absolute atomic E-state index is 2.35. The zero-order valence-corrected chi connectivity index (χ0v) is 76.4. The Labute approximate surface area is 768 Å². The number of hydrogen-bond donors (Lipinski definition) is 0. The van der Waals surface area contributed by atoms with Crippen LogP contribution in [0.3, 0.4) is 0 Å². The van der Waals surface area contributed by atoms with Crippen molar-refractivity contribution in [3.05, 3.63) is 517 Å². The standard InChI is InChI=1S/4C25H18.C19H14.5C2H6/c1-2-8-18(9-3-1)19-11-6-12-20(16-19)23-14-7-15-24-22-13-5-4-10-21(22)17-25(23)24;1-2-7-18(8-3-1)19-10-6-11-20(15-19)21-13-14-23-16-22-9-4-5-12-24(22)25(23)17-21;1-2-7-18(8-3-1)19-13-15-20(16-14-19)22-11-6-12-24-23-10-5-4-9-21(23)17-25(22)24;1-2-6-18(7-3-1)19-10-12-20(13-11-19)21-14-15-23-16-22-8-4-5-9-24(22)25(23)17-21;1-2-7-14(8-3-1)16-11-6-12-18-17-10-5-4-9-15(17)13-19(16)18;5*1-2/h1-16H,17H2;1-15,17H,16H2;1-16H,17H2;1-15,17H,16H2;1-12H,13H2;5*1-2H3. The second kappa shape index (κ2) is 43.9. The molecule has 0 nitrogen and oxygen atoms in total. The lowest BCUT2D eigenvalue weighted by Gasteiger charge is -2.11. The summed E-state index contributed by atoms with van der Waals surface area (Å²) in [4.78, 5) is 0. The molecule has 632 valence electrons. The number of hydrogen-bond acceptors (Lipinski definition) is 0. The van der Waals surface area contributed by atoms with Crippen molar-refractivity contribution < 1.29 is 0 Å². The minimum absolute atomic E-state index is 1.03. The van der Waals surface area contributed by atoms with Crippen LogP contribution in [0.2, 0.25) is 0 Å². The summed E-state index contributed by atoms with van der Waals surface area (Å²) in [6, 6.07) is 166. The molecule has 0 heterocycles. The van der Waals surface area contributed by atoms with Crippen LogP contribution in [0, 0.1) is 0 Å². The van der Waals surface area contributed by atoms with Gasteiger partial charge in [-0.1, -0.05) is 506 Å². The smallest absolute Gasteiger partial charge is 0.000729 e. The highest BCUT2D eigenvalue weighted by Crippen LogP contribution is 2.47. The van der Waals surface area contributed by atoms with Gasteiger partial charge in [-0.05, 0) is 268 Å². The van der Waals surface area contributed by atoms with Crippen LogP contribution in [0.15, 0.2) is 461 Å². The highest BCUT2D eigenvalue weighted by atomic mass is 14.3. The molecule has 0 N–H and O–H groups in total. The summed E-state index contributed by atoms with van der Waals surface area (Å²) in [6.07, 6.45) is 5.21. The molecule has 19 aromatic carbocycles. The Balaban J connectivity index is 0.000000121. The van der Waals surface area contributed by atoms with E-state index in [1.165, 1.54) is 211 Å². The molecule has 24 rings (SSSR count). The van der Waals surface area contributed by atoms with E-state index in [2.05, 4.69) is 461 Å². The van der Waals surface area contributed by atoms with E-state index in [0.717, 1.165) is 32.1 Å². The van der Waals surface area contributed by atoms with Gasteiger partial charge in [-0.3, -0.25) is 0 Å². The number of benzene rings is 19. The number of rotatable bonds is 9. The van der Waals surface area contributed by atoms with Gasteiger partial charge in [-0.2, -0.15) is 0 Å². The Morgan fingerprint density at radius 3 is 0.612 bits per heavy atom. The van der Waals surface area contributed by atoms with Crippen LogP contribution >= 0.6 is 0 Å². The van der Waals surface area contributed by atoms with Gasteiger partial charge in [-0.25, -0.2) is 0 Å². The van der Waals surface area contributed by atoms with E-state index in [0.29, 0.717) is 0 Å². The van der Waals surface area contributed by atoms with Crippen molar-refractivity contribution in [2.24, 2.45) is 0 Å². The van der Waals surface area contributed by atoms with Crippen LogP contribution in [0.4, 0.5) is 0 Å².